The number of nitrogens with zero attached hydrogens (tertiary/aromatic N) is 1. The van der Waals surface area contributed by atoms with Crippen molar-refractivity contribution in [1.82, 2.24) is 9.55 Å². The number of carbonyl (C=O) groups is 1. The van der Waals surface area contributed by atoms with Gasteiger partial charge in [0.15, 0.2) is 0 Å². The van der Waals surface area contributed by atoms with E-state index in [1.807, 2.05) is 0 Å². The number of hydrogen-bond acceptors (Lipinski definition) is 3. The Bertz CT molecular complexity index is 1170. The second kappa shape index (κ2) is 7.38. The molecule has 0 fully saturated rings. The second-order valence-corrected chi connectivity index (χ2v) is 6.43. The summed E-state index contributed by atoms with van der Waals surface area (Å²) in [5.41, 5.74) is -0.899. The quantitative estimate of drug-likeness (QED) is 0.696. The molecule has 0 aliphatic rings. The molecule has 1 aromatic heterocycles. The number of aromatic amines is 1. The van der Waals surface area contributed by atoms with E-state index in [0.29, 0.717) is 20.8 Å². The molecule has 0 atom stereocenters. The number of aromatic nitrogens is 2. The van der Waals surface area contributed by atoms with E-state index in [1.165, 1.54) is 6.07 Å². The zero-order valence-corrected chi connectivity index (χ0v) is 15.4. The topological polar surface area (TPSA) is 84.0 Å². The van der Waals surface area contributed by atoms with Crippen molar-refractivity contribution in [1.29, 1.82) is 0 Å². The van der Waals surface area contributed by atoms with Gasteiger partial charge in [-0.05, 0) is 42.8 Å². The zero-order valence-electron chi connectivity index (χ0n) is 13.8. The van der Waals surface area contributed by atoms with Crippen molar-refractivity contribution in [2.75, 3.05) is 5.32 Å². The van der Waals surface area contributed by atoms with Crippen molar-refractivity contribution in [3.8, 4) is 5.69 Å². The summed E-state index contributed by atoms with van der Waals surface area (Å²) < 4.78 is 14.1. The predicted molar refractivity (Wildman–Crippen MR) is 102 cm³/mol. The van der Waals surface area contributed by atoms with Gasteiger partial charge >= 0.3 is 5.69 Å². The minimum Gasteiger partial charge on any atom is -0.321 e. The molecule has 1 amide bonds. The lowest BCUT2D eigenvalue weighted by Gasteiger charge is -2.11. The van der Waals surface area contributed by atoms with Crippen LogP contribution in [0, 0.1) is 12.7 Å². The van der Waals surface area contributed by atoms with Crippen LogP contribution in [0.25, 0.3) is 5.69 Å². The molecule has 1 heterocycles. The molecule has 9 heteroatoms. The first-order valence-corrected chi connectivity index (χ1v) is 8.42. The van der Waals surface area contributed by atoms with E-state index in [4.69, 9.17) is 23.2 Å². The maximum Gasteiger partial charge on any atom is 0.333 e. The smallest absolute Gasteiger partial charge is 0.321 e. The average molecular weight is 408 g/mol. The van der Waals surface area contributed by atoms with Crippen molar-refractivity contribution >= 4 is 34.8 Å². The number of H-pyrrole nitrogens is 1. The molecule has 2 N–H and O–H groups in total. The largest absolute Gasteiger partial charge is 0.333 e. The molecule has 3 rings (SSSR count). The summed E-state index contributed by atoms with van der Waals surface area (Å²) >= 11 is 11.7. The van der Waals surface area contributed by atoms with E-state index >= 15 is 0 Å². The first-order valence-electron chi connectivity index (χ1n) is 7.66. The fourth-order valence-corrected chi connectivity index (χ4v) is 2.78. The highest BCUT2D eigenvalue weighted by Gasteiger charge is 2.17. The number of halogens is 3. The molecule has 0 aliphatic carbocycles. The third-order valence-electron chi connectivity index (χ3n) is 3.90. The first kappa shape index (κ1) is 18.9. The van der Waals surface area contributed by atoms with Crippen LogP contribution in [0.15, 0.2) is 52.2 Å². The monoisotopic (exact) mass is 407 g/mol. The molecule has 138 valence electrons. The van der Waals surface area contributed by atoms with Crippen LogP contribution in [-0.2, 0) is 0 Å². The highest BCUT2D eigenvalue weighted by molar-refractivity contribution is 6.32. The van der Waals surface area contributed by atoms with E-state index in [9.17, 15) is 18.8 Å². The van der Waals surface area contributed by atoms with Gasteiger partial charge in [0.2, 0.25) is 0 Å². The Morgan fingerprint density at radius 1 is 1.15 bits per heavy atom. The summed E-state index contributed by atoms with van der Waals surface area (Å²) in [4.78, 5) is 39.6. The molecule has 0 saturated carbocycles. The van der Waals surface area contributed by atoms with Crippen LogP contribution in [0.2, 0.25) is 10.0 Å². The van der Waals surface area contributed by atoms with Crippen molar-refractivity contribution in [2.45, 2.75) is 6.92 Å². The molecule has 0 aliphatic heterocycles. The van der Waals surface area contributed by atoms with E-state index < -0.39 is 23.0 Å². The van der Waals surface area contributed by atoms with Gasteiger partial charge in [-0.15, -0.1) is 0 Å². The van der Waals surface area contributed by atoms with Crippen LogP contribution in [-0.4, -0.2) is 15.5 Å². The number of amides is 1. The van der Waals surface area contributed by atoms with Crippen molar-refractivity contribution in [3.05, 3.63) is 90.4 Å². The minimum atomic E-state index is -0.876. The van der Waals surface area contributed by atoms with Crippen LogP contribution >= 0.6 is 23.2 Å². The summed E-state index contributed by atoms with van der Waals surface area (Å²) in [7, 11) is 0. The van der Waals surface area contributed by atoms with E-state index in [0.717, 1.165) is 18.3 Å². The lowest BCUT2D eigenvalue weighted by molar-refractivity contribution is 0.102. The van der Waals surface area contributed by atoms with E-state index in [-0.39, 0.29) is 16.3 Å². The molecule has 2 aromatic carbocycles. The van der Waals surface area contributed by atoms with Crippen LogP contribution in [0.4, 0.5) is 10.1 Å². The summed E-state index contributed by atoms with van der Waals surface area (Å²) in [5, 5.41) is 2.77. The van der Waals surface area contributed by atoms with Gasteiger partial charge in [0, 0.05) is 16.9 Å². The minimum absolute atomic E-state index is 0.0289. The number of carbonyl (C=O) groups excluding carboxylic acids is 1. The third-order valence-corrected chi connectivity index (χ3v) is 4.60. The molecule has 0 spiro atoms. The zero-order chi connectivity index (χ0) is 19.7. The van der Waals surface area contributed by atoms with Crippen molar-refractivity contribution in [3.63, 3.8) is 0 Å². The molecular weight excluding hydrogens is 396 g/mol. The van der Waals surface area contributed by atoms with Gasteiger partial charge in [0.1, 0.15) is 11.4 Å². The van der Waals surface area contributed by atoms with Gasteiger partial charge in [0.25, 0.3) is 11.5 Å². The van der Waals surface area contributed by atoms with Gasteiger partial charge in [-0.3, -0.25) is 9.59 Å². The van der Waals surface area contributed by atoms with Crippen LogP contribution in [0.5, 0.6) is 0 Å². The SMILES string of the molecule is Cc1c(Cl)cccc1NC(=O)c1c[nH]c(=O)n(-c2ccc(F)c(Cl)c2)c1=O. The summed E-state index contributed by atoms with van der Waals surface area (Å²) in [6.45, 7) is 1.71. The Morgan fingerprint density at radius 2 is 1.89 bits per heavy atom. The maximum absolute atomic E-state index is 13.4. The third kappa shape index (κ3) is 3.65. The van der Waals surface area contributed by atoms with E-state index in [2.05, 4.69) is 10.3 Å². The lowest BCUT2D eigenvalue weighted by atomic mass is 10.2. The number of nitrogens with one attached hydrogen (secondary N) is 2. The van der Waals surface area contributed by atoms with Gasteiger partial charge in [0.05, 0.1) is 10.7 Å². The fourth-order valence-electron chi connectivity index (χ4n) is 2.43. The molecule has 0 unspecified atom stereocenters. The second-order valence-electron chi connectivity index (χ2n) is 5.61. The number of benzene rings is 2. The molecule has 0 bridgehead atoms. The Hall–Kier alpha value is -2.90. The maximum atomic E-state index is 13.4. The highest BCUT2D eigenvalue weighted by Crippen LogP contribution is 2.23. The summed E-state index contributed by atoms with van der Waals surface area (Å²) in [5.74, 6) is -1.43. The number of hydrogen-bond donors (Lipinski definition) is 2. The molecular formula is C18H12Cl2FN3O3. The molecule has 0 saturated heterocycles. The average Bonchev–Trinajstić information content (AvgIpc) is 2.62. The number of anilines is 1. The molecule has 6 nitrogen and oxygen atoms in total. The Kier molecular flexibility index (Phi) is 5.16. The van der Waals surface area contributed by atoms with Crippen LogP contribution < -0.4 is 16.6 Å². The predicted octanol–water partition coefficient (Wildman–Crippen LogP) is 3.53. The summed E-state index contributed by atoms with van der Waals surface area (Å²) in [6, 6.07) is 8.29. The van der Waals surface area contributed by atoms with Gasteiger partial charge in [-0.25, -0.2) is 13.8 Å². The van der Waals surface area contributed by atoms with Gasteiger partial charge in [-0.2, -0.15) is 0 Å². The molecule has 0 radical (unpaired) electrons. The molecule has 3 aromatic rings. The Labute approximate surface area is 162 Å². The van der Waals surface area contributed by atoms with Crippen molar-refractivity contribution < 1.29 is 9.18 Å². The Balaban J connectivity index is 2.06. The van der Waals surface area contributed by atoms with Crippen molar-refractivity contribution in [2.24, 2.45) is 0 Å². The normalized spacial score (nSPS) is 10.7. The van der Waals surface area contributed by atoms with Gasteiger partial charge < -0.3 is 10.3 Å². The van der Waals surface area contributed by atoms with Gasteiger partial charge in [-0.1, -0.05) is 29.3 Å². The first-order chi connectivity index (χ1) is 12.8. The highest BCUT2D eigenvalue weighted by atomic mass is 35.5. The molecule has 27 heavy (non-hydrogen) atoms. The Morgan fingerprint density at radius 3 is 2.59 bits per heavy atom. The lowest BCUT2D eigenvalue weighted by Crippen LogP contribution is -2.38. The fraction of sp³-hybridized carbons (Fsp3) is 0.0556. The van der Waals surface area contributed by atoms with E-state index in [1.54, 1.807) is 25.1 Å². The number of rotatable bonds is 3. The van der Waals surface area contributed by atoms with Crippen LogP contribution in [0.1, 0.15) is 15.9 Å². The standard InChI is InChI=1S/C18H12Cl2FN3O3/c1-9-12(19)3-2-4-15(9)23-16(25)11-8-22-18(27)24(17(11)26)10-5-6-14(21)13(20)7-10/h2-8H,1H3,(H,22,27)(H,23,25). The van der Waals surface area contributed by atoms with Crippen LogP contribution in [0.3, 0.4) is 0 Å². The summed E-state index contributed by atoms with van der Waals surface area (Å²) in [6.07, 6.45) is 1.02.